The Bertz CT molecular complexity index is 744. The fourth-order valence-electron chi connectivity index (χ4n) is 2.29. The first-order valence-electron chi connectivity index (χ1n) is 7.22. The lowest BCUT2D eigenvalue weighted by Crippen LogP contribution is -2.34. The molecule has 0 aliphatic heterocycles. The molecule has 2 N–H and O–H groups in total. The molecule has 0 aromatic carbocycles. The predicted octanol–water partition coefficient (Wildman–Crippen LogP) is 2.30. The molecule has 3 aromatic rings. The van der Waals surface area contributed by atoms with E-state index in [9.17, 15) is 4.79 Å². The van der Waals surface area contributed by atoms with Crippen molar-refractivity contribution in [1.82, 2.24) is 20.4 Å². The minimum Gasteiger partial charge on any atom is -0.468 e. The minimum absolute atomic E-state index is 0.0440. The van der Waals surface area contributed by atoms with Crippen LogP contribution in [0.5, 0.6) is 0 Å². The number of aromatic nitrogens is 2. The van der Waals surface area contributed by atoms with Crippen LogP contribution < -0.4 is 5.32 Å². The molecule has 0 unspecified atom stereocenters. The van der Waals surface area contributed by atoms with E-state index in [0.29, 0.717) is 23.7 Å². The van der Waals surface area contributed by atoms with Gasteiger partial charge in [-0.2, -0.15) is 5.10 Å². The third-order valence-electron chi connectivity index (χ3n) is 3.55. The molecule has 1 atom stereocenters. The minimum atomic E-state index is -0.252. The molecule has 0 fully saturated rings. The summed E-state index contributed by atoms with van der Waals surface area (Å²) in [5, 5.41) is 9.69. The van der Waals surface area contributed by atoms with Gasteiger partial charge >= 0.3 is 0 Å². The Morgan fingerprint density at radius 1 is 1.30 bits per heavy atom. The molecule has 3 heterocycles. The van der Waals surface area contributed by atoms with Crippen LogP contribution in [0.3, 0.4) is 0 Å². The van der Waals surface area contributed by atoms with Crippen molar-refractivity contribution in [2.45, 2.75) is 6.04 Å². The van der Waals surface area contributed by atoms with E-state index >= 15 is 0 Å². The quantitative estimate of drug-likeness (QED) is 0.729. The van der Waals surface area contributed by atoms with Crippen molar-refractivity contribution in [2.75, 3.05) is 20.6 Å². The maximum atomic E-state index is 12.3. The predicted molar refractivity (Wildman–Crippen MR) is 83.8 cm³/mol. The number of hydrogen-bond acceptors (Lipinski definition) is 5. The first kappa shape index (κ1) is 15.1. The van der Waals surface area contributed by atoms with Crippen molar-refractivity contribution in [3.63, 3.8) is 0 Å². The number of furan rings is 2. The molecule has 0 saturated heterocycles. The van der Waals surface area contributed by atoms with Crippen LogP contribution in [0.15, 0.2) is 51.7 Å². The van der Waals surface area contributed by atoms with Gasteiger partial charge in [0.1, 0.15) is 11.5 Å². The largest absolute Gasteiger partial charge is 0.468 e. The number of hydrogen-bond donors (Lipinski definition) is 2. The average Bonchev–Trinajstić information content (AvgIpc) is 3.27. The number of rotatable bonds is 6. The highest BCUT2D eigenvalue weighted by atomic mass is 16.3. The van der Waals surface area contributed by atoms with Crippen molar-refractivity contribution in [3.8, 4) is 11.5 Å². The molecule has 0 spiro atoms. The molecule has 120 valence electrons. The molecule has 7 nitrogen and oxygen atoms in total. The number of nitrogens with zero attached hydrogens (tertiary/aromatic N) is 2. The molecule has 0 bridgehead atoms. The number of amides is 1. The van der Waals surface area contributed by atoms with Gasteiger partial charge in [0.15, 0.2) is 11.5 Å². The first-order chi connectivity index (χ1) is 11.1. The summed E-state index contributed by atoms with van der Waals surface area (Å²) in [4.78, 5) is 14.2. The zero-order chi connectivity index (χ0) is 16.2. The SMILES string of the molecule is CN(C)[C@@H](CNC(=O)c1cc(-c2ccco2)[nH]n1)c1ccco1. The Kier molecular flexibility index (Phi) is 4.29. The second-order valence-corrected chi connectivity index (χ2v) is 5.35. The van der Waals surface area contributed by atoms with Gasteiger partial charge in [-0.3, -0.25) is 14.8 Å². The van der Waals surface area contributed by atoms with E-state index in [2.05, 4.69) is 15.5 Å². The van der Waals surface area contributed by atoms with Gasteiger partial charge in [0.05, 0.1) is 18.6 Å². The summed E-state index contributed by atoms with van der Waals surface area (Å²) < 4.78 is 10.7. The van der Waals surface area contributed by atoms with E-state index in [1.54, 1.807) is 30.7 Å². The summed E-state index contributed by atoms with van der Waals surface area (Å²) in [5.41, 5.74) is 0.976. The zero-order valence-corrected chi connectivity index (χ0v) is 12.9. The van der Waals surface area contributed by atoms with Crippen LogP contribution in [0, 0.1) is 0 Å². The molecule has 3 rings (SSSR count). The van der Waals surface area contributed by atoms with Crippen LogP contribution in [0.25, 0.3) is 11.5 Å². The molecule has 0 saturated carbocycles. The summed E-state index contributed by atoms with van der Waals surface area (Å²) in [6, 6.07) is 8.91. The van der Waals surface area contributed by atoms with Crippen LogP contribution in [0.4, 0.5) is 0 Å². The van der Waals surface area contributed by atoms with Gasteiger partial charge in [-0.15, -0.1) is 0 Å². The van der Waals surface area contributed by atoms with Crippen molar-refractivity contribution in [3.05, 3.63) is 54.3 Å². The van der Waals surface area contributed by atoms with Gasteiger partial charge < -0.3 is 14.2 Å². The van der Waals surface area contributed by atoms with Crippen molar-refractivity contribution in [1.29, 1.82) is 0 Å². The summed E-state index contributed by atoms with van der Waals surface area (Å²) in [5.74, 6) is 1.18. The molecular weight excluding hydrogens is 296 g/mol. The van der Waals surface area contributed by atoms with E-state index in [1.807, 2.05) is 31.1 Å². The number of aromatic amines is 1. The molecule has 0 aliphatic rings. The third-order valence-corrected chi connectivity index (χ3v) is 3.55. The van der Waals surface area contributed by atoms with E-state index in [4.69, 9.17) is 8.83 Å². The topological polar surface area (TPSA) is 87.3 Å². The summed E-state index contributed by atoms with van der Waals surface area (Å²) in [7, 11) is 3.87. The van der Waals surface area contributed by atoms with Crippen molar-refractivity contribution >= 4 is 5.91 Å². The fourth-order valence-corrected chi connectivity index (χ4v) is 2.29. The standard InChI is InChI=1S/C16H18N4O3/c1-20(2)13(15-6-4-8-23-15)10-17-16(21)12-9-11(18-19-12)14-5-3-7-22-14/h3-9,13H,10H2,1-2H3,(H,17,21)(H,18,19)/t13-/m0/s1. The smallest absolute Gasteiger partial charge is 0.271 e. The third kappa shape index (κ3) is 3.35. The monoisotopic (exact) mass is 314 g/mol. The van der Waals surface area contributed by atoms with Crippen LogP contribution >= 0.6 is 0 Å². The van der Waals surface area contributed by atoms with Crippen LogP contribution in [-0.2, 0) is 0 Å². The number of likely N-dealkylation sites (N-methyl/N-ethyl adjacent to an activating group) is 1. The highest BCUT2D eigenvalue weighted by molar-refractivity contribution is 5.93. The maximum Gasteiger partial charge on any atom is 0.271 e. The Morgan fingerprint density at radius 3 is 2.74 bits per heavy atom. The Morgan fingerprint density at radius 2 is 2.09 bits per heavy atom. The fraction of sp³-hybridized carbons (Fsp3) is 0.250. The highest BCUT2D eigenvalue weighted by Crippen LogP contribution is 2.19. The lowest BCUT2D eigenvalue weighted by Gasteiger charge is -2.22. The lowest BCUT2D eigenvalue weighted by molar-refractivity contribution is 0.0934. The summed E-state index contributed by atoms with van der Waals surface area (Å²) in [6.45, 7) is 0.419. The average molecular weight is 314 g/mol. The Hall–Kier alpha value is -2.80. The number of nitrogens with one attached hydrogen (secondary N) is 2. The lowest BCUT2D eigenvalue weighted by atomic mass is 10.2. The number of carbonyl (C=O) groups is 1. The van der Waals surface area contributed by atoms with E-state index < -0.39 is 0 Å². The molecule has 0 radical (unpaired) electrons. The van der Waals surface area contributed by atoms with Crippen molar-refractivity contribution < 1.29 is 13.6 Å². The van der Waals surface area contributed by atoms with E-state index in [0.717, 1.165) is 5.76 Å². The van der Waals surface area contributed by atoms with Crippen LogP contribution in [-0.4, -0.2) is 41.6 Å². The normalized spacial score (nSPS) is 12.5. The molecular formula is C16H18N4O3. The molecule has 0 aliphatic carbocycles. The Balaban J connectivity index is 1.65. The highest BCUT2D eigenvalue weighted by Gasteiger charge is 2.19. The van der Waals surface area contributed by atoms with Crippen LogP contribution in [0.1, 0.15) is 22.3 Å². The van der Waals surface area contributed by atoms with Crippen LogP contribution in [0.2, 0.25) is 0 Å². The zero-order valence-electron chi connectivity index (χ0n) is 12.9. The van der Waals surface area contributed by atoms with E-state index in [1.165, 1.54) is 0 Å². The van der Waals surface area contributed by atoms with Gasteiger partial charge in [-0.25, -0.2) is 0 Å². The number of carbonyl (C=O) groups excluding carboxylic acids is 1. The van der Waals surface area contributed by atoms with Gasteiger partial charge in [-0.05, 0) is 38.4 Å². The van der Waals surface area contributed by atoms with Gasteiger partial charge in [-0.1, -0.05) is 0 Å². The number of H-pyrrole nitrogens is 1. The molecule has 3 aromatic heterocycles. The molecule has 1 amide bonds. The maximum absolute atomic E-state index is 12.3. The van der Waals surface area contributed by atoms with Crippen molar-refractivity contribution in [2.24, 2.45) is 0 Å². The molecule has 7 heteroatoms. The second kappa shape index (κ2) is 6.53. The van der Waals surface area contributed by atoms with Gasteiger partial charge in [0.2, 0.25) is 0 Å². The molecule has 23 heavy (non-hydrogen) atoms. The first-order valence-corrected chi connectivity index (χ1v) is 7.22. The Labute approximate surface area is 133 Å². The summed E-state index contributed by atoms with van der Waals surface area (Å²) in [6.07, 6.45) is 3.19. The van der Waals surface area contributed by atoms with Gasteiger partial charge in [0, 0.05) is 12.6 Å². The second-order valence-electron chi connectivity index (χ2n) is 5.35. The summed E-state index contributed by atoms with van der Waals surface area (Å²) >= 11 is 0. The van der Waals surface area contributed by atoms with E-state index in [-0.39, 0.29) is 11.9 Å². The van der Waals surface area contributed by atoms with Gasteiger partial charge in [0.25, 0.3) is 5.91 Å².